The molecule has 0 aromatic carbocycles. The second-order valence-corrected chi connectivity index (χ2v) is 11.8. The zero-order valence-electron chi connectivity index (χ0n) is 26.3. The highest BCUT2D eigenvalue weighted by atomic mass is 16.4. The molecule has 0 rings (SSSR count). The molecule has 0 spiro atoms. The summed E-state index contributed by atoms with van der Waals surface area (Å²) in [6.45, 7) is 5.82. The molecule has 3 heteroatoms. The number of unbranched alkanes of at least 4 members (excludes halogenated alkanes) is 25. The standard InChI is InChI=1S/C18H36O2.C16H35N/c1-2-3-4-5-6-7-8-9-10-11-12-13-14-15-16-17-18(19)20;1-4-5-6-7-8-9-10-11-12-13-14-15-16-17(2)3/h2-17H2,1H3,(H,19,20);4-16H2,1-3H3. The number of carboxylic acids is 1. The number of hydrogen-bond acceptors (Lipinski definition) is 2. The number of hydrogen-bond donors (Lipinski definition) is 1. The van der Waals surface area contributed by atoms with E-state index >= 15 is 0 Å². The third-order valence-electron chi connectivity index (χ3n) is 7.45. The van der Waals surface area contributed by atoms with Crippen LogP contribution in [0.25, 0.3) is 0 Å². The number of rotatable bonds is 29. The first kappa shape index (κ1) is 38.6. The van der Waals surface area contributed by atoms with Gasteiger partial charge in [-0.2, -0.15) is 0 Å². The molecule has 0 bridgehead atoms. The van der Waals surface area contributed by atoms with Gasteiger partial charge in [-0.15, -0.1) is 0 Å². The lowest BCUT2D eigenvalue weighted by atomic mass is 10.0. The lowest BCUT2D eigenvalue weighted by molar-refractivity contribution is -0.137. The summed E-state index contributed by atoms with van der Waals surface area (Å²) in [7, 11) is 4.33. The highest BCUT2D eigenvalue weighted by Crippen LogP contribution is 2.14. The van der Waals surface area contributed by atoms with Crippen LogP contribution in [0, 0.1) is 0 Å². The minimum absolute atomic E-state index is 0.345. The second kappa shape index (κ2) is 35.4. The topological polar surface area (TPSA) is 40.5 Å². The Morgan fingerprint density at radius 3 is 0.919 bits per heavy atom. The molecule has 0 aliphatic heterocycles. The van der Waals surface area contributed by atoms with Crippen LogP contribution in [0.2, 0.25) is 0 Å². The van der Waals surface area contributed by atoms with Crippen molar-refractivity contribution in [2.24, 2.45) is 0 Å². The van der Waals surface area contributed by atoms with Crippen molar-refractivity contribution in [1.29, 1.82) is 0 Å². The van der Waals surface area contributed by atoms with Crippen molar-refractivity contribution in [3.63, 3.8) is 0 Å². The molecule has 0 aliphatic rings. The maximum Gasteiger partial charge on any atom is 0.303 e. The Hall–Kier alpha value is -0.570. The first-order valence-corrected chi connectivity index (χ1v) is 16.9. The number of carbonyl (C=O) groups is 1. The first-order chi connectivity index (χ1) is 18.0. The van der Waals surface area contributed by atoms with Crippen LogP contribution in [0.15, 0.2) is 0 Å². The molecule has 0 radical (unpaired) electrons. The van der Waals surface area contributed by atoms with E-state index in [9.17, 15) is 4.79 Å². The zero-order chi connectivity index (χ0) is 27.7. The highest BCUT2D eigenvalue weighted by Gasteiger charge is 1.97. The fourth-order valence-corrected chi connectivity index (χ4v) is 4.92. The number of carboxylic acid groups (broad SMARTS) is 1. The molecule has 1 N–H and O–H groups in total. The zero-order valence-corrected chi connectivity index (χ0v) is 26.3. The van der Waals surface area contributed by atoms with Gasteiger partial charge in [-0.3, -0.25) is 4.79 Å². The van der Waals surface area contributed by atoms with E-state index < -0.39 is 5.97 Å². The summed E-state index contributed by atoms with van der Waals surface area (Å²) < 4.78 is 0. The third kappa shape index (κ3) is 42.8. The maximum absolute atomic E-state index is 10.3. The Kier molecular flexibility index (Phi) is 36.9. The molecule has 0 aromatic heterocycles. The van der Waals surface area contributed by atoms with Gasteiger partial charge in [0.05, 0.1) is 0 Å². The predicted molar refractivity (Wildman–Crippen MR) is 167 cm³/mol. The highest BCUT2D eigenvalue weighted by molar-refractivity contribution is 5.66. The summed E-state index contributed by atoms with van der Waals surface area (Å²) in [5.41, 5.74) is 0. The van der Waals surface area contributed by atoms with Crippen LogP contribution in [0.4, 0.5) is 0 Å². The van der Waals surface area contributed by atoms with Crippen LogP contribution in [-0.2, 0) is 4.79 Å². The lowest BCUT2D eigenvalue weighted by Gasteiger charge is -2.08. The molecule has 0 heterocycles. The summed E-state index contributed by atoms with van der Waals surface area (Å²) in [5, 5.41) is 8.52. The van der Waals surface area contributed by atoms with Crippen LogP contribution in [0.5, 0.6) is 0 Å². The van der Waals surface area contributed by atoms with E-state index in [0.717, 1.165) is 12.8 Å². The summed E-state index contributed by atoms with van der Waals surface area (Å²) in [6.07, 6.45) is 37.5. The molecular formula is C34H71NO2. The van der Waals surface area contributed by atoms with Crippen molar-refractivity contribution in [1.82, 2.24) is 4.90 Å². The van der Waals surface area contributed by atoms with Gasteiger partial charge in [-0.25, -0.2) is 0 Å². The molecule has 0 unspecified atom stereocenters. The molecule has 0 aromatic rings. The number of aliphatic carboxylic acids is 1. The van der Waals surface area contributed by atoms with Crippen LogP contribution < -0.4 is 0 Å². The van der Waals surface area contributed by atoms with Gasteiger partial charge in [0.1, 0.15) is 0 Å². The van der Waals surface area contributed by atoms with Crippen LogP contribution in [-0.4, -0.2) is 36.6 Å². The Morgan fingerprint density at radius 2 is 0.676 bits per heavy atom. The van der Waals surface area contributed by atoms with Gasteiger partial charge in [0.25, 0.3) is 0 Å². The van der Waals surface area contributed by atoms with Crippen molar-refractivity contribution in [3.8, 4) is 0 Å². The Labute approximate surface area is 235 Å². The lowest BCUT2D eigenvalue weighted by Crippen LogP contribution is -2.12. The van der Waals surface area contributed by atoms with E-state index in [1.807, 2.05) is 0 Å². The third-order valence-corrected chi connectivity index (χ3v) is 7.45. The van der Waals surface area contributed by atoms with Gasteiger partial charge in [0.15, 0.2) is 0 Å². The average molecular weight is 526 g/mol. The van der Waals surface area contributed by atoms with Gasteiger partial charge < -0.3 is 10.0 Å². The first-order valence-electron chi connectivity index (χ1n) is 16.9. The maximum atomic E-state index is 10.3. The van der Waals surface area contributed by atoms with Crippen molar-refractivity contribution in [3.05, 3.63) is 0 Å². The average Bonchev–Trinajstić information content (AvgIpc) is 2.87. The second-order valence-electron chi connectivity index (χ2n) is 11.8. The van der Waals surface area contributed by atoms with Gasteiger partial charge in [-0.05, 0) is 33.5 Å². The molecule has 0 fully saturated rings. The minimum atomic E-state index is -0.653. The summed E-state index contributed by atoms with van der Waals surface area (Å²) >= 11 is 0. The molecule has 0 atom stereocenters. The van der Waals surface area contributed by atoms with Crippen molar-refractivity contribution < 1.29 is 9.90 Å². The summed E-state index contributed by atoms with van der Waals surface area (Å²) in [6, 6.07) is 0. The van der Waals surface area contributed by atoms with E-state index in [-0.39, 0.29) is 0 Å². The van der Waals surface area contributed by atoms with Crippen LogP contribution in [0.1, 0.15) is 194 Å². The molecule has 37 heavy (non-hydrogen) atoms. The normalized spacial score (nSPS) is 11.1. The largest absolute Gasteiger partial charge is 0.481 e. The Bertz CT molecular complexity index is 411. The quantitative estimate of drug-likeness (QED) is 0.0987. The smallest absolute Gasteiger partial charge is 0.303 e. The molecular weight excluding hydrogens is 454 g/mol. The summed E-state index contributed by atoms with van der Waals surface area (Å²) in [5.74, 6) is -0.653. The predicted octanol–water partition coefficient (Wildman–Crippen LogP) is 11.6. The van der Waals surface area contributed by atoms with E-state index in [0.29, 0.717) is 6.42 Å². The van der Waals surface area contributed by atoms with Gasteiger partial charge in [-0.1, -0.05) is 174 Å². The van der Waals surface area contributed by atoms with E-state index in [2.05, 4.69) is 32.8 Å². The van der Waals surface area contributed by atoms with E-state index in [1.165, 1.54) is 167 Å². The van der Waals surface area contributed by atoms with Gasteiger partial charge in [0.2, 0.25) is 0 Å². The Balaban J connectivity index is 0. The molecule has 3 nitrogen and oxygen atoms in total. The minimum Gasteiger partial charge on any atom is -0.481 e. The van der Waals surface area contributed by atoms with Crippen LogP contribution in [0.3, 0.4) is 0 Å². The molecule has 0 saturated carbocycles. The number of nitrogens with zero attached hydrogens (tertiary/aromatic N) is 1. The van der Waals surface area contributed by atoms with Gasteiger partial charge >= 0.3 is 5.97 Å². The van der Waals surface area contributed by atoms with Crippen molar-refractivity contribution in [2.45, 2.75) is 194 Å². The molecule has 0 amide bonds. The summed E-state index contributed by atoms with van der Waals surface area (Å²) in [4.78, 5) is 12.6. The molecule has 0 saturated heterocycles. The molecule has 224 valence electrons. The van der Waals surface area contributed by atoms with E-state index in [4.69, 9.17) is 5.11 Å². The van der Waals surface area contributed by atoms with Crippen molar-refractivity contribution in [2.75, 3.05) is 20.6 Å². The monoisotopic (exact) mass is 526 g/mol. The Morgan fingerprint density at radius 1 is 0.432 bits per heavy atom. The molecule has 0 aliphatic carbocycles. The van der Waals surface area contributed by atoms with Crippen molar-refractivity contribution >= 4 is 5.97 Å². The fraction of sp³-hybridized carbons (Fsp3) is 0.971. The van der Waals surface area contributed by atoms with Crippen LogP contribution >= 0.6 is 0 Å². The SMILES string of the molecule is CCCCCCCCCCCCCCCCCC(=O)O.CCCCCCCCCCCCCCN(C)C. The fourth-order valence-electron chi connectivity index (χ4n) is 4.92. The van der Waals surface area contributed by atoms with E-state index in [1.54, 1.807) is 0 Å². The van der Waals surface area contributed by atoms with Gasteiger partial charge in [0, 0.05) is 6.42 Å².